The summed E-state index contributed by atoms with van der Waals surface area (Å²) in [6.45, 7) is 2.12. The third kappa shape index (κ3) is 2.64. The maximum absolute atomic E-state index is 4.75. The van der Waals surface area contributed by atoms with Crippen molar-refractivity contribution < 1.29 is 0 Å². The molecule has 0 aliphatic carbocycles. The molecule has 0 saturated carbocycles. The van der Waals surface area contributed by atoms with Crippen molar-refractivity contribution in [3.63, 3.8) is 0 Å². The lowest BCUT2D eigenvalue weighted by Crippen LogP contribution is -2.05. The van der Waals surface area contributed by atoms with Crippen molar-refractivity contribution >= 4 is 16.6 Å². The van der Waals surface area contributed by atoms with Crippen LogP contribution in [0.4, 0.5) is 0 Å². The molecule has 0 N–H and O–H groups in total. The molecular formula is C20H17N7. The van der Waals surface area contributed by atoms with E-state index in [0.717, 1.165) is 39.2 Å². The molecule has 132 valence electrons. The molecule has 4 aromatic heterocycles. The van der Waals surface area contributed by atoms with E-state index in [1.807, 2.05) is 42.0 Å². The lowest BCUT2D eigenvalue weighted by Gasteiger charge is -2.11. The first kappa shape index (κ1) is 15.6. The fraction of sp³-hybridized carbons (Fsp3) is 0.150. The number of benzene rings is 1. The van der Waals surface area contributed by atoms with Gasteiger partial charge < -0.3 is 0 Å². The summed E-state index contributed by atoms with van der Waals surface area (Å²) in [6.07, 6.45) is 5.55. The van der Waals surface area contributed by atoms with E-state index in [1.165, 1.54) is 0 Å². The minimum absolute atomic E-state index is 0.0428. The Balaban J connectivity index is 1.60. The van der Waals surface area contributed by atoms with Gasteiger partial charge in [0.15, 0.2) is 11.5 Å². The molecule has 0 aliphatic rings. The number of hydrogen-bond acceptors (Lipinski definition) is 5. The van der Waals surface area contributed by atoms with Crippen molar-refractivity contribution in [2.75, 3.05) is 0 Å². The van der Waals surface area contributed by atoms with Gasteiger partial charge in [0.05, 0.1) is 17.4 Å². The van der Waals surface area contributed by atoms with Gasteiger partial charge in [0.2, 0.25) is 0 Å². The minimum Gasteiger partial charge on any atom is -0.275 e. The maximum Gasteiger partial charge on any atom is 0.177 e. The van der Waals surface area contributed by atoms with Crippen LogP contribution in [0, 0.1) is 0 Å². The molecule has 1 atom stereocenters. The SMILES string of the molecule is CC(c1ccc2ncccc2c1)c1nnc2ccc(-c3cnn(C)c3)nn12. The Bertz CT molecular complexity index is 1270. The number of fused-ring (bicyclic) bond motifs is 2. The molecule has 0 bridgehead atoms. The van der Waals surface area contributed by atoms with Gasteiger partial charge in [-0.1, -0.05) is 19.1 Å². The molecule has 0 amide bonds. The van der Waals surface area contributed by atoms with Gasteiger partial charge in [-0.05, 0) is 35.9 Å². The second-order valence-corrected chi connectivity index (χ2v) is 6.63. The molecule has 1 unspecified atom stereocenters. The Hall–Kier alpha value is -3.61. The van der Waals surface area contributed by atoms with E-state index in [0.29, 0.717) is 0 Å². The zero-order valence-corrected chi connectivity index (χ0v) is 15.0. The Kier molecular flexibility index (Phi) is 3.46. The van der Waals surface area contributed by atoms with Gasteiger partial charge in [-0.25, -0.2) is 0 Å². The maximum atomic E-state index is 4.75. The average molecular weight is 355 g/mol. The molecule has 0 saturated heterocycles. The van der Waals surface area contributed by atoms with Crippen LogP contribution in [-0.2, 0) is 7.05 Å². The molecule has 0 fully saturated rings. The summed E-state index contributed by atoms with van der Waals surface area (Å²) in [6, 6.07) is 14.2. The lowest BCUT2D eigenvalue weighted by molar-refractivity contribution is 0.753. The topological polar surface area (TPSA) is 73.8 Å². The quantitative estimate of drug-likeness (QED) is 0.497. The van der Waals surface area contributed by atoms with E-state index in [1.54, 1.807) is 17.1 Å². The van der Waals surface area contributed by atoms with Crippen LogP contribution in [-0.4, -0.2) is 34.6 Å². The van der Waals surface area contributed by atoms with Crippen molar-refractivity contribution in [3.05, 3.63) is 72.4 Å². The van der Waals surface area contributed by atoms with Gasteiger partial charge in [0.1, 0.15) is 0 Å². The largest absolute Gasteiger partial charge is 0.275 e. The van der Waals surface area contributed by atoms with Crippen LogP contribution in [0.15, 0.2) is 61.1 Å². The van der Waals surface area contributed by atoms with Gasteiger partial charge in [-0.3, -0.25) is 9.67 Å². The van der Waals surface area contributed by atoms with Gasteiger partial charge in [0, 0.05) is 36.3 Å². The molecule has 5 rings (SSSR count). The number of aromatic nitrogens is 7. The predicted molar refractivity (Wildman–Crippen MR) is 102 cm³/mol. The summed E-state index contributed by atoms with van der Waals surface area (Å²) < 4.78 is 3.58. The minimum atomic E-state index is 0.0428. The Labute approximate surface area is 155 Å². The van der Waals surface area contributed by atoms with Gasteiger partial charge in [0.25, 0.3) is 0 Å². The second kappa shape index (κ2) is 5.98. The fourth-order valence-corrected chi connectivity index (χ4v) is 3.30. The number of rotatable bonds is 3. The number of pyridine rings is 1. The summed E-state index contributed by atoms with van der Waals surface area (Å²) in [5, 5.41) is 18.8. The number of nitrogens with zero attached hydrogens (tertiary/aromatic N) is 7. The van der Waals surface area contributed by atoms with Crippen LogP contribution in [0.5, 0.6) is 0 Å². The molecule has 7 nitrogen and oxygen atoms in total. The van der Waals surface area contributed by atoms with E-state index in [-0.39, 0.29) is 5.92 Å². The summed E-state index contributed by atoms with van der Waals surface area (Å²) in [7, 11) is 1.89. The monoisotopic (exact) mass is 355 g/mol. The predicted octanol–water partition coefficient (Wildman–Crippen LogP) is 3.22. The molecule has 4 heterocycles. The summed E-state index contributed by atoms with van der Waals surface area (Å²) >= 11 is 0. The third-order valence-corrected chi connectivity index (χ3v) is 4.80. The Morgan fingerprint density at radius 3 is 2.81 bits per heavy atom. The highest BCUT2D eigenvalue weighted by atomic mass is 15.4. The first-order valence-corrected chi connectivity index (χ1v) is 8.75. The smallest absolute Gasteiger partial charge is 0.177 e. The number of hydrogen-bond donors (Lipinski definition) is 0. The van der Waals surface area contributed by atoms with E-state index < -0.39 is 0 Å². The van der Waals surface area contributed by atoms with Crippen LogP contribution in [0.25, 0.3) is 27.8 Å². The molecule has 0 spiro atoms. The Morgan fingerprint density at radius 1 is 1.04 bits per heavy atom. The molecule has 5 aromatic rings. The molecule has 7 heteroatoms. The highest BCUT2D eigenvalue weighted by molar-refractivity contribution is 5.79. The van der Waals surface area contributed by atoms with Gasteiger partial charge in [-0.2, -0.15) is 14.7 Å². The fourth-order valence-electron chi connectivity index (χ4n) is 3.30. The molecule has 0 aliphatic heterocycles. The van der Waals surface area contributed by atoms with Crippen molar-refractivity contribution in [3.8, 4) is 11.3 Å². The standard InChI is InChI=1S/C20H17N7/c1-13(14-5-6-17-15(10-14)4-3-9-21-17)20-24-23-19-8-7-18(25-27(19)20)16-11-22-26(2)12-16/h3-13H,1-2H3. The highest BCUT2D eigenvalue weighted by Crippen LogP contribution is 2.26. The Morgan fingerprint density at radius 2 is 1.96 bits per heavy atom. The molecule has 0 radical (unpaired) electrons. The zero-order chi connectivity index (χ0) is 18.4. The first-order chi connectivity index (χ1) is 13.2. The van der Waals surface area contributed by atoms with Gasteiger partial charge >= 0.3 is 0 Å². The molecular weight excluding hydrogens is 338 g/mol. The van der Waals surface area contributed by atoms with Crippen LogP contribution < -0.4 is 0 Å². The van der Waals surface area contributed by atoms with Crippen LogP contribution >= 0.6 is 0 Å². The van der Waals surface area contributed by atoms with E-state index >= 15 is 0 Å². The zero-order valence-electron chi connectivity index (χ0n) is 15.0. The van der Waals surface area contributed by atoms with Crippen molar-refractivity contribution in [2.45, 2.75) is 12.8 Å². The van der Waals surface area contributed by atoms with Crippen molar-refractivity contribution in [1.82, 2.24) is 34.6 Å². The van der Waals surface area contributed by atoms with E-state index in [2.05, 4.69) is 45.4 Å². The summed E-state index contributed by atoms with van der Waals surface area (Å²) in [5.41, 5.74) is 4.66. The highest BCUT2D eigenvalue weighted by Gasteiger charge is 2.18. The second-order valence-electron chi connectivity index (χ2n) is 6.63. The first-order valence-electron chi connectivity index (χ1n) is 8.75. The van der Waals surface area contributed by atoms with Crippen molar-refractivity contribution in [2.24, 2.45) is 7.05 Å². The lowest BCUT2D eigenvalue weighted by atomic mass is 9.98. The number of aryl methyl sites for hydroxylation is 1. The van der Waals surface area contributed by atoms with Crippen molar-refractivity contribution in [1.29, 1.82) is 0 Å². The average Bonchev–Trinajstić information content (AvgIpc) is 3.32. The van der Waals surface area contributed by atoms with Crippen LogP contribution in [0.2, 0.25) is 0 Å². The van der Waals surface area contributed by atoms with Gasteiger partial charge in [-0.15, -0.1) is 10.2 Å². The van der Waals surface area contributed by atoms with E-state index in [4.69, 9.17) is 5.10 Å². The van der Waals surface area contributed by atoms with Crippen LogP contribution in [0.1, 0.15) is 24.2 Å². The molecule has 27 heavy (non-hydrogen) atoms. The van der Waals surface area contributed by atoms with Crippen LogP contribution in [0.3, 0.4) is 0 Å². The third-order valence-electron chi connectivity index (χ3n) is 4.80. The summed E-state index contributed by atoms with van der Waals surface area (Å²) in [4.78, 5) is 4.39. The normalized spacial score (nSPS) is 12.7. The molecule has 1 aromatic carbocycles. The summed E-state index contributed by atoms with van der Waals surface area (Å²) in [5.74, 6) is 0.847. The van der Waals surface area contributed by atoms with E-state index in [9.17, 15) is 0 Å².